The van der Waals surface area contributed by atoms with Crippen LogP contribution in [-0.2, 0) is 9.53 Å². The summed E-state index contributed by atoms with van der Waals surface area (Å²) in [6.45, 7) is 3.99. The summed E-state index contributed by atoms with van der Waals surface area (Å²) in [5.74, 6) is -0.926. The molecule has 0 spiro atoms. The first kappa shape index (κ1) is 18.0. The first-order valence-electron chi connectivity index (χ1n) is 6.89. The normalized spacial score (nSPS) is 10.2. The molecule has 0 fully saturated rings. The Hall–Kier alpha value is -2.08. The van der Waals surface area contributed by atoms with E-state index in [0.29, 0.717) is 17.5 Å². The molecule has 7 heteroatoms. The van der Waals surface area contributed by atoms with E-state index in [1.54, 1.807) is 12.1 Å². The van der Waals surface area contributed by atoms with E-state index in [9.17, 15) is 14.4 Å². The Morgan fingerprint density at radius 1 is 1.27 bits per heavy atom. The number of amides is 3. The maximum absolute atomic E-state index is 11.7. The number of urea groups is 1. The fourth-order valence-electron chi connectivity index (χ4n) is 1.51. The van der Waals surface area contributed by atoms with Crippen molar-refractivity contribution in [2.45, 2.75) is 20.3 Å². The van der Waals surface area contributed by atoms with Crippen LogP contribution in [0.1, 0.15) is 30.6 Å². The summed E-state index contributed by atoms with van der Waals surface area (Å²) in [4.78, 5) is 34.5. The van der Waals surface area contributed by atoms with Crippen LogP contribution in [0, 0.1) is 5.92 Å². The van der Waals surface area contributed by atoms with Crippen LogP contribution in [-0.4, -0.2) is 31.1 Å². The maximum Gasteiger partial charge on any atom is 0.338 e. The Kier molecular flexibility index (Phi) is 7.39. The fourth-order valence-corrected chi connectivity index (χ4v) is 1.70. The molecule has 0 saturated carbocycles. The number of rotatable bonds is 6. The Labute approximate surface area is 134 Å². The van der Waals surface area contributed by atoms with Crippen LogP contribution in [0.3, 0.4) is 0 Å². The second-order valence-electron chi connectivity index (χ2n) is 5.07. The maximum atomic E-state index is 11.7. The van der Waals surface area contributed by atoms with Crippen LogP contribution in [0.2, 0.25) is 5.02 Å². The molecule has 0 heterocycles. The summed E-state index contributed by atoms with van der Waals surface area (Å²) in [6, 6.07) is 5.56. The number of hydrogen-bond acceptors (Lipinski definition) is 4. The largest absolute Gasteiger partial charge is 0.452 e. The zero-order valence-electron chi connectivity index (χ0n) is 12.5. The highest BCUT2D eigenvalue weighted by atomic mass is 35.5. The number of esters is 1. The van der Waals surface area contributed by atoms with Gasteiger partial charge in [0.25, 0.3) is 5.91 Å². The molecular formula is C15H19ClN2O4. The monoisotopic (exact) mass is 326 g/mol. The van der Waals surface area contributed by atoms with Gasteiger partial charge in [-0.25, -0.2) is 9.59 Å². The number of ether oxygens (including phenoxy) is 1. The van der Waals surface area contributed by atoms with E-state index in [-0.39, 0.29) is 5.56 Å². The van der Waals surface area contributed by atoms with Crippen molar-refractivity contribution in [3.8, 4) is 0 Å². The van der Waals surface area contributed by atoms with E-state index in [0.717, 1.165) is 6.42 Å². The molecule has 0 saturated heterocycles. The van der Waals surface area contributed by atoms with Gasteiger partial charge in [0.15, 0.2) is 6.61 Å². The average molecular weight is 327 g/mol. The van der Waals surface area contributed by atoms with E-state index in [4.69, 9.17) is 16.3 Å². The summed E-state index contributed by atoms with van der Waals surface area (Å²) < 4.78 is 4.80. The third-order valence-electron chi connectivity index (χ3n) is 2.65. The van der Waals surface area contributed by atoms with E-state index in [1.165, 1.54) is 12.1 Å². The van der Waals surface area contributed by atoms with Crippen LogP contribution in [0.15, 0.2) is 24.3 Å². The molecule has 22 heavy (non-hydrogen) atoms. The zero-order chi connectivity index (χ0) is 16.5. The van der Waals surface area contributed by atoms with Crippen LogP contribution in [0.25, 0.3) is 0 Å². The highest BCUT2D eigenvalue weighted by Crippen LogP contribution is 2.11. The second kappa shape index (κ2) is 9.04. The Bertz CT molecular complexity index is 546. The molecule has 0 aliphatic rings. The van der Waals surface area contributed by atoms with Crippen LogP contribution >= 0.6 is 11.6 Å². The molecule has 1 aromatic carbocycles. The second-order valence-corrected chi connectivity index (χ2v) is 5.51. The number of benzene rings is 1. The van der Waals surface area contributed by atoms with Gasteiger partial charge in [0.1, 0.15) is 0 Å². The Balaban J connectivity index is 2.30. The number of imide groups is 1. The van der Waals surface area contributed by atoms with Gasteiger partial charge in [0.2, 0.25) is 0 Å². The van der Waals surface area contributed by atoms with Crippen molar-refractivity contribution in [3.05, 3.63) is 34.9 Å². The van der Waals surface area contributed by atoms with Crippen molar-refractivity contribution in [2.75, 3.05) is 13.2 Å². The Morgan fingerprint density at radius 2 is 2.00 bits per heavy atom. The van der Waals surface area contributed by atoms with E-state index in [2.05, 4.69) is 10.6 Å². The predicted octanol–water partition coefficient (Wildman–Crippen LogP) is 2.37. The Morgan fingerprint density at radius 3 is 2.64 bits per heavy atom. The molecule has 0 bridgehead atoms. The predicted molar refractivity (Wildman–Crippen MR) is 82.7 cm³/mol. The quantitative estimate of drug-likeness (QED) is 0.786. The fraction of sp³-hybridized carbons (Fsp3) is 0.400. The van der Waals surface area contributed by atoms with E-state index < -0.39 is 24.5 Å². The summed E-state index contributed by atoms with van der Waals surface area (Å²) in [5, 5.41) is 5.01. The van der Waals surface area contributed by atoms with Crippen molar-refractivity contribution in [3.63, 3.8) is 0 Å². The lowest BCUT2D eigenvalue weighted by atomic mass is 10.1. The number of carbonyl (C=O) groups is 3. The van der Waals surface area contributed by atoms with Crippen LogP contribution in [0.5, 0.6) is 0 Å². The van der Waals surface area contributed by atoms with Crippen LogP contribution < -0.4 is 10.6 Å². The number of halogens is 1. The molecule has 2 N–H and O–H groups in total. The van der Waals surface area contributed by atoms with E-state index in [1.807, 2.05) is 13.8 Å². The molecule has 120 valence electrons. The summed E-state index contributed by atoms with van der Waals surface area (Å²) in [6.07, 6.45) is 0.811. The molecule has 1 rings (SSSR count). The first-order valence-corrected chi connectivity index (χ1v) is 7.26. The van der Waals surface area contributed by atoms with Crippen LogP contribution in [0.4, 0.5) is 4.79 Å². The SMILES string of the molecule is CC(C)CCNC(=O)NC(=O)COC(=O)c1cccc(Cl)c1. The van der Waals surface area contributed by atoms with Gasteiger partial charge in [-0.1, -0.05) is 31.5 Å². The van der Waals surface area contributed by atoms with Gasteiger partial charge in [-0.15, -0.1) is 0 Å². The van der Waals surface area contributed by atoms with Crippen molar-refractivity contribution in [1.82, 2.24) is 10.6 Å². The molecule has 0 radical (unpaired) electrons. The summed E-state index contributed by atoms with van der Waals surface area (Å²) in [7, 11) is 0. The van der Waals surface area contributed by atoms with Gasteiger partial charge >= 0.3 is 12.0 Å². The molecule has 0 atom stereocenters. The summed E-state index contributed by atoms with van der Waals surface area (Å²) >= 11 is 5.75. The molecular weight excluding hydrogens is 308 g/mol. The van der Waals surface area contributed by atoms with Gasteiger partial charge in [0, 0.05) is 11.6 Å². The van der Waals surface area contributed by atoms with Gasteiger partial charge in [-0.2, -0.15) is 0 Å². The molecule has 0 aliphatic carbocycles. The molecule has 6 nitrogen and oxygen atoms in total. The third-order valence-corrected chi connectivity index (χ3v) is 2.89. The number of carbonyl (C=O) groups excluding carboxylic acids is 3. The van der Waals surface area contributed by atoms with Gasteiger partial charge < -0.3 is 10.1 Å². The van der Waals surface area contributed by atoms with Crippen molar-refractivity contribution in [2.24, 2.45) is 5.92 Å². The third kappa shape index (κ3) is 7.08. The highest BCUT2D eigenvalue weighted by Gasteiger charge is 2.12. The molecule has 3 amide bonds. The van der Waals surface area contributed by atoms with Gasteiger partial charge in [0.05, 0.1) is 5.56 Å². The molecule has 0 aliphatic heterocycles. The molecule has 1 aromatic rings. The molecule has 0 aromatic heterocycles. The summed E-state index contributed by atoms with van der Waals surface area (Å²) in [5.41, 5.74) is 0.238. The van der Waals surface area contributed by atoms with Gasteiger partial charge in [-0.05, 0) is 30.5 Å². The zero-order valence-corrected chi connectivity index (χ0v) is 13.3. The minimum absolute atomic E-state index is 0.238. The smallest absolute Gasteiger partial charge is 0.338 e. The van der Waals surface area contributed by atoms with Crippen molar-refractivity contribution < 1.29 is 19.1 Å². The lowest BCUT2D eigenvalue weighted by Gasteiger charge is -2.08. The standard InChI is InChI=1S/C15H19ClN2O4/c1-10(2)6-7-17-15(21)18-13(19)9-22-14(20)11-4-3-5-12(16)8-11/h3-5,8,10H,6-7,9H2,1-2H3,(H2,17,18,19,21). The highest BCUT2D eigenvalue weighted by molar-refractivity contribution is 6.30. The topological polar surface area (TPSA) is 84.5 Å². The lowest BCUT2D eigenvalue weighted by Crippen LogP contribution is -2.41. The number of hydrogen-bond donors (Lipinski definition) is 2. The van der Waals surface area contributed by atoms with Crippen molar-refractivity contribution >= 4 is 29.5 Å². The number of nitrogens with one attached hydrogen (secondary N) is 2. The minimum Gasteiger partial charge on any atom is -0.452 e. The van der Waals surface area contributed by atoms with Gasteiger partial charge in [-0.3, -0.25) is 10.1 Å². The minimum atomic E-state index is -0.697. The first-order chi connectivity index (χ1) is 10.4. The van der Waals surface area contributed by atoms with E-state index >= 15 is 0 Å². The average Bonchev–Trinajstić information content (AvgIpc) is 2.44. The lowest BCUT2D eigenvalue weighted by molar-refractivity contribution is -0.123. The van der Waals surface area contributed by atoms with Crippen molar-refractivity contribution in [1.29, 1.82) is 0 Å². The molecule has 0 unspecified atom stereocenters.